The summed E-state index contributed by atoms with van der Waals surface area (Å²) in [6.45, 7) is 14.2. The molecular weight excluding hydrogens is 1990 g/mol. The second-order valence-electron chi connectivity index (χ2n) is 33.2. The van der Waals surface area contributed by atoms with Gasteiger partial charge < -0.3 is 84.5 Å². The minimum absolute atomic E-state index is 0. The predicted molar refractivity (Wildman–Crippen MR) is 530 cm³/mol. The van der Waals surface area contributed by atoms with Crippen molar-refractivity contribution < 1.29 is 91.9 Å². The van der Waals surface area contributed by atoms with Crippen LogP contribution in [0.25, 0.3) is 0 Å². The Balaban J connectivity index is 0.000000435. The average Bonchev–Trinajstić information content (AvgIpc) is 1.62. The number of aromatic nitrogens is 12. The molecule has 0 spiro atoms. The highest BCUT2D eigenvalue weighted by Crippen LogP contribution is 2.51. The van der Waals surface area contributed by atoms with Gasteiger partial charge in [0.1, 0.15) is 81.5 Å². The molecule has 141 heavy (non-hydrogen) atoms. The van der Waals surface area contributed by atoms with Crippen molar-refractivity contribution in [3.63, 3.8) is 0 Å². The number of aliphatic hydroxyl groups is 8. The topological polar surface area (TPSA) is 549 Å². The van der Waals surface area contributed by atoms with E-state index in [1.807, 2.05) is 46.5 Å². The average molecular weight is 2130 g/mol. The number of nitrogens with two attached hydrogens (primary N) is 1. The normalized spacial score (nSPS) is 29.0. The van der Waals surface area contributed by atoms with Crippen molar-refractivity contribution in [3.05, 3.63) is 248 Å². The fourth-order valence-corrected chi connectivity index (χ4v) is 19.2. The number of aromatic amines is 3. The molecule has 0 amide bonds. The molecule has 0 radical (unpaired) electrons. The number of H-pyrrole nitrogens is 3. The van der Waals surface area contributed by atoms with Gasteiger partial charge >= 0.3 is 34.1 Å². The third-order valence-electron chi connectivity index (χ3n) is 25.9. The summed E-state index contributed by atoms with van der Waals surface area (Å²) in [6, 6.07) is 21.6. The highest BCUT2D eigenvalue weighted by Gasteiger charge is 2.62. The highest BCUT2D eigenvalue weighted by molar-refractivity contribution is 6.23. The van der Waals surface area contributed by atoms with Gasteiger partial charge in [-0.3, -0.25) is 75.5 Å². The van der Waals surface area contributed by atoms with Crippen LogP contribution in [-0.2, 0) is 41.5 Å². The van der Waals surface area contributed by atoms with E-state index in [0.717, 1.165) is 55.5 Å². The Hall–Kier alpha value is -8.91. The van der Waals surface area contributed by atoms with Crippen LogP contribution in [0.1, 0.15) is 188 Å². The van der Waals surface area contributed by atoms with E-state index in [1.165, 1.54) is 86.5 Å². The van der Waals surface area contributed by atoms with Gasteiger partial charge in [-0.05, 0) is 87.9 Å². The van der Waals surface area contributed by atoms with Crippen molar-refractivity contribution in [3.8, 4) is 11.5 Å². The smallest absolute Gasteiger partial charge is 0.351 e. The standard InChI is InChI=1S/C20H25ClN2O5.C19H23ClN2O6.C13H18ClFN2O3.C12H17ClN2O4.C11H15ClFN3O4.C11H14ClFN2O5.6CH4/c1-4-20(12-24)13(2)17(21)18(28-20)22-10-9-16(25)23(19(22)26)11-14-5-7-15(27-3)8-6-14;1-12-16(20)17(28-19(12,10-23)11-24)21-8-7-15(25)22(18(21)26)9-13-3-5-14(27-2)6-4-13;1-4-13(8(3)15)7(2)10(14)11(20-13)17-6-5-9(18)16-12(17)19;1-3-12(4-2)9(17)8(13)10(19-12)15-6-5-7(16)14-11(15)18;1-5(13)11(4-17)8(18)7(12)9(20-11)16-3-2-6(14)15-10(16)19;1-5(13)11(4-16)8(18)7(12)9(20-11)15-3-2-6(17)14-10(15)19;;;;;;/h5-10,13,17-18,24H,4,11-12H2,1-3H3;3-8,12,16-17,23-24H,9-11H2,1-2H3;5-8,10-11H,4H2,1-3H3,(H,16,18,19);5-6,8-10,17H,3-4H2,1-2H3,(H,14,16,18);2-3,5,7-9,17-18H,4H2,1H3,(H2,14,15,19);2-3,5,7-9,16,18H,4H2,1H3,(H,14,17,19);6*1H4/t13-,17+,18+,20-;12-,16+,17+;7-,8?,10+,11+,13+;8-,9+,10-;2*5?,7-,8+,9-,11+;;;;;;/m000111....../s1. The summed E-state index contributed by atoms with van der Waals surface area (Å²) in [4.78, 5) is 141. The molecule has 794 valence electrons. The van der Waals surface area contributed by atoms with Gasteiger partial charge in [0.25, 0.3) is 27.8 Å². The molecule has 6 aliphatic rings. The maximum absolute atomic E-state index is 14.0. The van der Waals surface area contributed by atoms with E-state index in [4.69, 9.17) is 113 Å². The van der Waals surface area contributed by atoms with Gasteiger partial charge in [0.2, 0.25) is 0 Å². The Kier molecular flexibility index (Phi) is 47.2. The van der Waals surface area contributed by atoms with Gasteiger partial charge in [0, 0.05) is 85.3 Å². The number of benzene rings is 2. The number of hydrogen-bond acceptors (Lipinski definition) is 29. The lowest BCUT2D eigenvalue weighted by molar-refractivity contribution is -0.161. The molecule has 40 nitrogen and oxygen atoms in total. The summed E-state index contributed by atoms with van der Waals surface area (Å²) in [7, 11) is 3.13. The molecular formula is C92H136Cl6F3N13O27. The zero-order valence-electron chi connectivity index (χ0n) is 75.3. The number of aliphatic hydroxyl groups excluding tert-OH is 8. The number of hydrogen-bond donors (Lipinski definition) is 12. The molecule has 12 heterocycles. The maximum Gasteiger partial charge on any atom is 0.351 e. The van der Waals surface area contributed by atoms with Gasteiger partial charge in [-0.1, -0.05) is 117 Å². The summed E-state index contributed by atoms with van der Waals surface area (Å²) in [5.74, 6) is 0.538. The lowest BCUT2D eigenvalue weighted by Gasteiger charge is -2.33. The monoisotopic (exact) mass is 2120 g/mol. The summed E-state index contributed by atoms with van der Waals surface area (Å²) in [5.41, 5.74) is -7.02. The van der Waals surface area contributed by atoms with Crippen LogP contribution in [0.4, 0.5) is 19.0 Å². The molecule has 0 aliphatic carbocycles. The number of halogens is 9. The summed E-state index contributed by atoms with van der Waals surface area (Å²) >= 11 is 37.5. The van der Waals surface area contributed by atoms with Crippen molar-refractivity contribution in [1.29, 1.82) is 0 Å². The van der Waals surface area contributed by atoms with Crippen molar-refractivity contribution in [1.82, 2.24) is 56.5 Å². The first-order valence-electron chi connectivity index (χ1n) is 42.8. The number of nitrogens with zero attached hydrogens (tertiary/aromatic N) is 9. The number of nitrogens with one attached hydrogen (secondary N) is 3. The number of anilines is 1. The van der Waals surface area contributed by atoms with E-state index in [1.54, 1.807) is 69.7 Å². The highest BCUT2D eigenvalue weighted by atomic mass is 35.5. The Morgan fingerprint density at radius 3 is 0.957 bits per heavy atom. The van der Waals surface area contributed by atoms with Gasteiger partial charge in [-0.2, -0.15) is 4.98 Å². The van der Waals surface area contributed by atoms with Crippen LogP contribution in [0.2, 0.25) is 0 Å². The Morgan fingerprint density at radius 2 is 0.674 bits per heavy atom. The number of rotatable bonds is 24. The molecule has 13 N–H and O–H groups in total. The molecule has 25 atom stereocenters. The number of nitrogen functional groups attached to an aromatic ring is 1. The largest absolute Gasteiger partial charge is 0.497 e. The molecule has 6 saturated heterocycles. The SMILES string of the molecule is C.C.C.C.C.C.CC(F)[C@]1(CO)O[C@@H](n2ccc(=O)[nH]c2=O)[C@H](Cl)[C@@H]1O.CC(F)[C@]1(CO)O[C@@H](n2ccc(N)nc2=O)[C@H](Cl)[C@@H]1O.CCC1(CC)O[C@@H](n2ccc(=O)[nH]c2=O)[C@H](Cl)[C@@H]1O.CC[C@@]1(C(C)F)O[C@@H](n2ccc(=O)[nH]c2=O)[C@H](Cl)[C@@H]1C.CC[C@@]1(CO)O[C@@H](n2ccc(=O)n(Cc3ccc(OC)cc3)c2=O)[C@H](Cl)[C@@H]1C.COc1ccc(Cn2c(=O)ccn([C@@H]3OC(CO)(CO)[C@@H](C)[C@H]3Cl)c2=O)cc1. The van der Waals surface area contributed by atoms with E-state index < -0.39 is 234 Å². The van der Waals surface area contributed by atoms with Crippen LogP contribution >= 0.6 is 69.6 Å². The first-order valence-corrected chi connectivity index (χ1v) is 45.4. The summed E-state index contributed by atoms with van der Waals surface area (Å²) in [6.07, 6.45) is -4.15. The quantitative estimate of drug-likeness (QED) is 0.0264. The lowest BCUT2D eigenvalue weighted by Crippen LogP contribution is -2.51. The first-order chi connectivity index (χ1) is 63.7. The minimum atomic E-state index is -1.91. The zero-order valence-corrected chi connectivity index (χ0v) is 79.8. The summed E-state index contributed by atoms with van der Waals surface area (Å²) < 4.78 is 95.0. The van der Waals surface area contributed by atoms with E-state index in [-0.39, 0.29) is 81.9 Å². The Bertz CT molecular complexity index is 5780. The Morgan fingerprint density at radius 1 is 0.383 bits per heavy atom. The van der Waals surface area contributed by atoms with E-state index in [0.29, 0.717) is 37.2 Å². The number of methoxy groups -OCH3 is 2. The molecule has 3 unspecified atom stereocenters. The van der Waals surface area contributed by atoms with Crippen molar-refractivity contribution in [2.45, 2.75) is 293 Å². The van der Waals surface area contributed by atoms with Gasteiger partial charge in [0.15, 0.2) is 48.6 Å². The molecule has 6 aliphatic heterocycles. The van der Waals surface area contributed by atoms with Crippen LogP contribution in [-0.4, -0.2) is 247 Å². The van der Waals surface area contributed by atoms with E-state index in [2.05, 4.69) is 15.0 Å². The maximum atomic E-state index is 14.0. The van der Waals surface area contributed by atoms with Crippen LogP contribution in [0.15, 0.2) is 175 Å². The van der Waals surface area contributed by atoms with Crippen LogP contribution in [0.3, 0.4) is 0 Å². The van der Waals surface area contributed by atoms with Gasteiger partial charge in [0.05, 0.1) is 87.7 Å². The molecule has 8 aromatic rings. The van der Waals surface area contributed by atoms with Crippen molar-refractivity contribution in [2.24, 2.45) is 17.8 Å². The van der Waals surface area contributed by atoms with Crippen LogP contribution in [0.5, 0.6) is 11.5 Å². The number of alkyl halides is 9. The molecule has 49 heteroatoms. The van der Waals surface area contributed by atoms with Gasteiger partial charge in [-0.15, -0.1) is 69.6 Å². The Labute approximate surface area is 841 Å². The summed E-state index contributed by atoms with van der Waals surface area (Å²) in [5, 5.41) is 73.4. The molecule has 2 aromatic carbocycles. The van der Waals surface area contributed by atoms with Crippen molar-refractivity contribution >= 4 is 75.4 Å². The lowest BCUT2D eigenvalue weighted by atomic mass is 9.83. The minimum Gasteiger partial charge on any atom is -0.497 e. The molecule has 0 bridgehead atoms. The molecule has 6 aromatic heterocycles. The zero-order chi connectivity index (χ0) is 100. The second-order valence-corrected chi connectivity index (χ2v) is 36.2. The first kappa shape index (κ1) is 126. The van der Waals surface area contributed by atoms with Crippen LogP contribution in [0, 0.1) is 17.8 Å². The molecule has 6 fully saturated rings. The fourth-order valence-electron chi connectivity index (χ4n) is 16.8. The molecule has 0 saturated carbocycles. The third-order valence-corrected chi connectivity index (χ3v) is 29.1. The van der Waals surface area contributed by atoms with Crippen molar-refractivity contribution in [2.75, 3.05) is 53.0 Å². The van der Waals surface area contributed by atoms with Gasteiger partial charge in [-0.25, -0.2) is 41.9 Å². The van der Waals surface area contributed by atoms with E-state index >= 15 is 0 Å². The predicted octanol–water partition coefficient (Wildman–Crippen LogP) is 7.30. The fraction of sp³-hybridized carbons (Fsp3) is 0.609. The molecule has 14 rings (SSSR count). The number of ether oxygens (including phenoxy) is 8. The second kappa shape index (κ2) is 52.7. The van der Waals surface area contributed by atoms with Crippen LogP contribution < -0.4 is 77.1 Å². The third kappa shape index (κ3) is 25.6. The van der Waals surface area contributed by atoms with E-state index in [9.17, 15) is 107 Å².